The minimum Gasteiger partial charge on any atom is -0.347 e. The highest BCUT2D eigenvalue weighted by atomic mass is 35.5. The van der Waals surface area contributed by atoms with Crippen molar-refractivity contribution in [1.82, 2.24) is 15.3 Å². The summed E-state index contributed by atoms with van der Waals surface area (Å²) in [6.07, 6.45) is 4.39. The van der Waals surface area contributed by atoms with Gasteiger partial charge in [0, 0.05) is 17.7 Å². The van der Waals surface area contributed by atoms with Crippen molar-refractivity contribution in [2.24, 2.45) is 0 Å². The van der Waals surface area contributed by atoms with Gasteiger partial charge in [-0.2, -0.15) is 11.8 Å². The molecule has 106 valence electrons. The molecule has 0 aliphatic rings. The lowest BCUT2D eigenvalue weighted by atomic mass is 10.2. The Hall–Kier alpha value is -0.810. The molecule has 0 spiro atoms. The maximum atomic E-state index is 12.2. The van der Waals surface area contributed by atoms with E-state index in [1.807, 2.05) is 27.0 Å². The summed E-state index contributed by atoms with van der Waals surface area (Å²) < 4.78 is 0. The molecule has 0 aliphatic heterocycles. The predicted octanol–water partition coefficient (Wildman–Crippen LogP) is 3.12. The molecule has 1 amide bonds. The Bertz CT molecular complexity index is 440. The first-order valence-corrected chi connectivity index (χ1v) is 8.09. The van der Waals surface area contributed by atoms with E-state index in [-0.39, 0.29) is 23.6 Å². The molecule has 1 heterocycles. The molecular weight excluding hydrogens is 282 g/mol. The maximum Gasteiger partial charge on any atom is 0.271 e. The molecule has 1 unspecified atom stereocenters. The van der Waals surface area contributed by atoms with Gasteiger partial charge in [-0.25, -0.2) is 9.97 Å². The van der Waals surface area contributed by atoms with Gasteiger partial charge < -0.3 is 5.32 Å². The maximum absolute atomic E-state index is 12.2. The fourth-order valence-electron chi connectivity index (χ4n) is 1.53. The predicted molar refractivity (Wildman–Crippen MR) is 81.1 cm³/mol. The first kappa shape index (κ1) is 16.2. The van der Waals surface area contributed by atoms with E-state index in [4.69, 9.17) is 11.6 Å². The highest BCUT2D eigenvalue weighted by molar-refractivity contribution is 7.98. The van der Waals surface area contributed by atoms with Gasteiger partial charge in [0.2, 0.25) is 0 Å². The lowest BCUT2D eigenvalue weighted by molar-refractivity contribution is 0.0934. The molecule has 1 aromatic heterocycles. The van der Waals surface area contributed by atoms with Gasteiger partial charge in [0.05, 0.1) is 11.2 Å². The molecule has 0 saturated heterocycles. The van der Waals surface area contributed by atoms with Crippen LogP contribution in [0.15, 0.2) is 6.20 Å². The number of halogens is 1. The average molecular weight is 302 g/mol. The molecule has 0 aliphatic carbocycles. The summed E-state index contributed by atoms with van der Waals surface area (Å²) in [6.45, 7) is 6.00. The van der Waals surface area contributed by atoms with Crippen molar-refractivity contribution in [2.75, 3.05) is 12.0 Å². The number of aromatic nitrogens is 2. The minimum atomic E-state index is -0.227. The van der Waals surface area contributed by atoms with Gasteiger partial charge in [-0.1, -0.05) is 32.4 Å². The Kier molecular flexibility index (Phi) is 6.58. The summed E-state index contributed by atoms with van der Waals surface area (Å²) in [5, 5.41) is 3.25. The van der Waals surface area contributed by atoms with Crippen LogP contribution in [0, 0.1) is 0 Å². The van der Waals surface area contributed by atoms with Crippen LogP contribution in [0.25, 0.3) is 0 Å². The standard InChI is InChI=1S/C13H20ClN3OS/c1-5-9(7-19-4)16-13(18)11-10(14)6-15-12(17-11)8(2)3/h6,8-9H,5,7H2,1-4H3,(H,16,18). The summed E-state index contributed by atoms with van der Waals surface area (Å²) >= 11 is 7.71. The van der Waals surface area contributed by atoms with E-state index in [9.17, 15) is 4.79 Å². The summed E-state index contributed by atoms with van der Waals surface area (Å²) in [5.74, 6) is 1.45. The Morgan fingerprint density at radius 3 is 2.74 bits per heavy atom. The number of carbonyl (C=O) groups is 1. The van der Waals surface area contributed by atoms with E-state index in [1.54, 1.807) is 11.8 Å². The van der Waals surface area contributed by atoms with E-state index in [0.29, 0.717) is 10.8 Å². The van der Waals surface area contributed by atoms with Gasteiger partial charge in [-0.3, -0.25) is 4.79 Å². The number of hydrogen-bond acceptors (Lipinski definition) is 4. The van der Waals surface area contributed by atoms with E-state index < -0.39 is 0 Å². The van der Waals surface area contributed by atoms with Crippen molar-refractivity contribution in [3.63, 3.8) is 0 Å². The van der Waals surface area contributed by atoms with Crippen LogP contribution in [0.1, 0.15) is 49.4 Å². The Morgan fingerprint density at radius 2 is 2.21 bits per heavy atom. The molecule has 1 N–H and O–H groups in total. The number of amides is 1. The van der Waals surface area contributed by atoms with Crippen LogP contribution in [-0.2, 0) is 0 Å². The number of carbonyl (C=O) groups excluding carboxylic acids is 1. The van der Waals surface area contributed by atoms with Crippen molar-refractivity contribution in [2.45, 2.75) is 39.2 Å². The average Bonchev–Trinajstić information content (AvgIpc) is 2.38. The highest BCUT2D eigenvalue weighted by Gasteiger charge is 2.18. The topological polar surface area (TPSA) is 54.9 Å². The zero-order valence-electron chi connectivity index (χ0n) is 11.7. The third kappa shape index (κ3) is 4.66. The molecule has 0 aromatic carbocycles. The lowest BCUT2D eigenvalue weighted by Crippen LogP contribution is -2.37. The minimum absolute atomic E-state index is 0.135. The van der Waals surface area contributed by atoms with Gasteiger partial charge in [-0.15, -0.1) is 0 Å². The van der Waals surface area contributed by atoms with Gasteiger partial charge in [0.1, 0.15) is 11.5 Å². The van der Waals surface area contributed by atoms with E-state index in [1.165, 1.54) is 6.20 Å². The molecule has 4 nitrogen and oxygen atoms in total. The van der Waals surface area contributed by atoms with Crippen LogP contribution < -0.4 is 5.32 Å². The van der Waals surface area contributed by atoms with Crippen LogP contribution in [-0.4, -0.2) is 33.9 Å². The molecular formula is C13H20ClN3OS. The first-order chi connectivity index (χ1) is 8.99. The third-order valence-corrected chi connectivity index (χ3v) is 3.70. The Morgan fingerprint density at radius 1 is 1.53 bits per heavy atom. The molecule has 0 radical (unpaired) electrons. The molecule has 1 rings (SSSR count). The smallest absolute Gasteiger partial charge is 0.271 e. The van der Waals surface area contributed by atoms with E-state index >= 15 is 0 Å². The summed E-state index contributed by atoms with van der Waals surface area (Å²) in [4.78, 5) is 20.6. The van der Waals surface area contributed by atoms with E-state index in [0.717, 1.165) is 12.2 Å². The fraction of sp³-hybridized carbons (Fsp3) is 0.615. The number of rotatable bonds is 6. The highest BCUT2D eigenvalue weighted by Crippen LogP contribution is 2.16. The number of hydrogen-bond donors (Lipinski definition) is 1. The van der Waals surface area contributed by atoms with Gasteiger partial charge in [-0.05, 0) is 12.7 Å². The summed E-state index contributed by atoms with van der Waals surface area (Å²) in [5.41, 5.74) is 0.264. The summed E-state index contributed by atoms with van der Waals surface area (Å²) in [7, 11) is 0. The second-order valence-electron chi connectivity index (χ2n) is 4.61. The second-order valence-corrected chi connectivity index (χ2v) is 5.93. The number of thioether (sulfide) groups is 1. The quantitative estimate of drug-likeness (QED) is 0.877. The SMILES string of the molecule is CCC(CSC)NC(=O)c1nc(C(C)C)ncc1Cl. The van der Waals surface area contributed by atoms with E-state index in [2.05, 4.69) is 15.3 Å². The Labute approximate surface area is 123 Å². The largest absolute Gasteiger partial charge is 0.347 e. The second kappa shape index (κ2) is 7.70. The van der Waals surface area contributed by atoms with Crippen LogP contribution in [0.3, 0.4) is 0 Å². The molecule has 6 heteroatoms. The molecule has 0 bridgehead atoms. The monoisotopic (exact) mass is 301 g/mol. The molecule has 0 saturated carbocycles. The van der Waals surface area contributed by atoms with Crippen molar-refractivity contribution in [3.05, 3.63) is 22.7 Å². The Balaban J connectivity index is 2.89. The normalized spacial score (nSPS) is 12.5. The van der Waals surface area contributed by atoms with Crippen molar-refractivity contribution in [3.8, 4) is 0 Å². The lowest BCUT2D eigenvalue weighted by Gasteiger charge is -2.16. The zero-order chi connectivity index (χ0) is 14.4. The molecule has 1 aromatic rings. The van der Waals surface area contributed by atoms with Crippen LogP contribution in [0.2, 0.25) is 5.02 Å². The van der Waals surface area contributed by atoms with Crippen LogP contribution in [0.5, 0.6) is 0 Å². The van der Waals surface area contributed by atoms with Gasteiger partial charge in [0.15, 0.2) is 0 Å². The fourth-order valence-corrected chi connectivity index (χ4v) is 2.43. The molecule has 1 atom stereocenters. The summed E-state index contributed by atoms with van der Waals surface area (Å²) in [6, 6.07) is 0.135. The van der Waals surface area contributed by atoms with Gasteiger partial charge >= 0.3 is 0 Å². The molecule has 19 heavy (non-hydrogen) atoms. The van der Waals surface area contributed by atoms with Crippen LogP contribution >= 0.6 is 23.4 Å². The van der Waals surface area contributed by atoms with Gasteiger partial charge in [0.25, 0.3) is 5.91 Å². The van der Waals surface area contributed by atoms with Crippen LogP contribution in [0.4, 0.5) is 0 Å². The molecule has 0 fully saturated rings. The van der Waals surface area contributed by atoms with Crippen molar-refractivity contribution < 1.29 is 4.79 Å². The zero-order valence-corrected chi connectivity index (χ0v) is 13.3. The first-order valence-electron chi connectivity index (χ1n) is 6.31. The number of nitrogens with one attached hydrogen (secondary N) is 1. The van der Waals surface area contributed by atoms with Crippen molar-refractivity contribution >= 4 is 29.3 Å². The van der Waals surface area contributed by atoms with Crippen molar-refractivity contribution in [1.29, 1.82) is 0 Å². The third-order valence-electron chi connectivity index (χ3n) is 2.69. The number of nitrogens with zero attached hydrogens (tertiary/aromatic N) is 2.